The van der Waals surface area contributed by atoms with E-state index in [0.29, 0.717) is 0 Å². The Balaban J connectivity index is 2.36. The van der Waals surface area contributed by atoms with Crippen LogP contribution in [0.25, 0.3) is 0 Å². The maximum Gasteiger partial charge on any atom is 0.0896 e. The monoisotopic (exact) mass is 346 g/mol. The number of nitrogens with zero attached hydrogens (tertiary/aromatic N) is 1. The van der Waals surface area contributed by atoms with Crippen molar-refractivity contribution in [2.24, 2.45) is 0 Å². The molecule has 1 saturated heterocycles. The highest BCUT2D eigenvalue weighted by Crippen LogP contribution is 2.35. The molecule has 106 valence electrons. The van der Waals surface area contributed by atoms with Gasteiger partial charge in [0.15, 0.2) is 0 Å². The van der Waals surface area contributed by atoms with Crippen LogP contribution in [0.3, 0.4) is 0 Å². The van der Waals surface area contributed by atoms with Gasteiger partial charge >= 0.3 is 0 Å². The van der Waals surface area contributed by atoms with Crippen LogP contribution in [0.15, 0.2) is 22.7 Å². The van der Waals surface area contributed by atoms with Crippen molar-refractivity contribution in [2.45, 2.75) is 19.1 Å². The van der Waals surface area contributed by atoms with Crippen LogP contribution in [0, 0.1) is 0 Å². The van der Waals surface area contributed by atoms with Crippen molar-refractivity contribution in [3.05, 3.63) is 33.3 Å². The molecule has 1 N–H and O–H groups in total. The molecule has 2 unspecified atom stereocenters. The smallest absolute Gasteiger partial charge is 0.0896 e. The summed E-state index contributed by atoms with van der Waals surface area (Å²) in [5, 5.41) is 4.01. The van der Waals surface area contributed by atoms with E-state index in [0.717, 1.165) is 41.3 Å². The van der Waals surface area contributed by atoms with E-state index in [9.17, 15) is 0 Å². The van der Waals surface area contributed by atoms with Crippen LogP contribution < -0.4 is 5.32 Å². The highest BCUT2D eigenvalue weighted by molar-refractivity contribution is 9.10. The summed E-state index contributed by atoms with van der Waals surface area (Å²) in [4.78, 5) is 2.43. The molecule has 3 nitrogen and oxygen atoms in total. The lowest BCUT2D eigenvalue weighted by molar-refractivity contribution is -0.0686. The number of likely N-dealkylation sites (N-methyl/N-ethyl adjacent to an activating group) is 2. The second-order valence-electron chi connectivity index (χ2n) is 4.71. The summed E-state index contributed by atoms with van der Waals surface area (Å²) in [5.41, 5.74) is 1.14. The minimum Gasteiger partial charge on any atom is -0.374 e. The van der Waals surface area contributed by atoms with Gasteiger partial charge in [-0.25, -0.2) is 0 Å². The number of morpholine rings is 1. The molecule has 0 aliphatic carbocycles. The Morgan fingerprint density at radius 2 is 2.32 bits per heavy atom. The van der Waals surface area contributed by atoms with Crippen LogP contribution in [-0.2, 0) is 4.74 Å². The van der Waals surface area contributed by atoms with Gasteiger partial charge in [0.25, 0.3) is 0 Å². The van der Waals surface area contributed by atoms with E-state index in [4.69, 9.17) is 16.3 Å². The van der Waals surface area contributed by atoms with Crippen LogP contribution in [0.4, 0.5) is 0 Å². The summed E-state index contributed by atoms with van der Waals surface area (Å²) in [6.45, 7) is 5.73. The van der Waals surface area contributed by atoms with Crippen LogP contribution in [0.5, 0.6) is 0 Å². The lowest BCUT2D eigenvalue weighted by atomic mass is 9.97. The van der Waals surface area contributed by atoms with E-state index < -0.39 is 0 Å². The lowest BCUT2D eigenvalue weighted by Gasteiger charge is -2.41. The Hall–Kier alpha value is -0.130. The van der Waals surface area contributed by atoms with Gasteiger partial charge in [-0.15, -0.1) is 0 Å². The van der Waals surface area contributed by atoms with Gasteiger partial charge in [-0.05, 0) is 37.4 Å². The van der Waals surface area contributed by atoms with Gasteiger partial charge in [0.2, 0.25) is 0 Å². The maximum absolute atomic E-state index is 6.39. The van der Waals surface area contributed by atoms with Gasteiger partial charge < -0.3 is 10.1 Å². The summed E-state index contributed by atoms with van der Waals surface area (Å²) in [6, 6.07) is 6.22. The van der Waals surface area contributed by atoms with Crippen molar-refractivity contribution in [1.29, 1.82) is 0 Å². The summed E-state index contributed by atoms with van der Waals surface area (Å²) < 4.78 is 6.99. The fourth-order valence-electron chi connectivity index (χ4n) is 2.65. The third-order valence-electron chi connectivity index (χ3n) is 3.54. The number of rotatable bonds is 4. The average Bonchev–Trinajstić information content (AvgIpc) is 2.42. The van der Waals surface area contributed by atoms with Gasteiger partial charge in [-0.1, -0.05) is 34.5 Å². The van der Waals surface area contributed by atoms with Crippen molar-refractivity contribution in [1.82, 2.24) is 10.2 Å². The summed E-state index contributed by atoms with van der Waals surface area (Å²) in [5.74, 6) is 0. The number of hydrogen-bond donors (Lipinski definition) is 1. The first-order valence-corrected chi connectivity index (χ1v) is 7.79. The van der Waals surface area contributed by atoms with Crippen molar-refractivity contribution in [2.75, 3.05) is 33.3 Å². The van der Waals surface area contributed by atoms with Crippen LogP contribution in [-0.4, -0.2) is 44.3 Å². The zero-order valence-corrected chi connectivity index (χ0v) is 13.7. The average molecular weight is 348 g/mol. The molecule has 0 radical (unpaired) electrons. The fourth-order valence-corrected chi connectivity index (χ4v) is 3.26. The van der Waals surface area contributed by atoms with E-state index in [1.807, 2.05) is 19.2 Å². The minimum absolute atomic E-state index is 0.130. The van der Waals surface area contributed by atoms with E-state index in [1.165, 1.54) is 0 Å². The molecule has 0 spiro atoms. The number of hydrogen-bond acceptors (Lipinski definition) is 3. The molecule has 1 aliphatic rings. The Morgan fingerprint density at radius 3 is 3.00 bits per heavy atom. The number of halogens is 2. The highest BCUT2D eigenvalue weighted by Gasteiger charge is 2.33. The molecule has 1 aliphatic heterocycles. The van der Waals surface area contributed by atoms with Gasteiger partial charge in [0, 0.05) is 22.6 Å². The minimum atomic E-state index is 0.130. The molecule has 0 bridgehead atoms. The van der Waals surface area contributed by atoms with Gasteiger partial charge in [0.05, 0.1) is 18.8 Å². The molecular formula is C14H20BrClN2O. The standard InChI is InChI=1S/C14H20BrClN2O/c1-3-18-6-7-19-13(9-17-2)14(18)11-8-10(15)4-5-12(11)16/h4-5,8,13-14,17H,3,6-7,9H2,1-2H3. The highest BCUT2D eigenvalue weighted by atomic mass is 79.9. The van der Waals surface area contributed by atoms with Crippen LogP contribution >= 0.6 is 27.5 Å². The summed E-state index contributed by atoms with van der Waals surface area (Å²) >= 11 is 9.92. The van der Waals surface area contributed by atoms with Crippen molar-refractivity contribution in [3.63, 3.8) is 0 Å². The Labute approximate surface area is 128 Å². The number of nitrogens with one attached hydrogen (secondary N) is 1. The van der Waals surface area contributed by atoms with E-state index >= 15 is 0 Å². The van der Waals surface area contributed by atoms with Gasteiger partial charge in [-0.2, -0.15) is 0 Å². The van der Waals surface area contributed by atoms with Gasteiger partial charge in [-0.3, -0.25) is 4.90 Å². The topological polar surface area (TPSA) is 24.5 Å². The first-order chi connectivity index (χ1) is 9.17. The predicted molar refractivity (Wildman–Crippen MR) is 82.8 cm³/mol. The molecule has 1 heterocycles. The third-order valence-corrected chi connectivity index (χ3v) is 4.38. The van der Waals surface area contributed by atoms with Crippen molar-refractivity contribution >= 4 is 27.5 Å². The molecule has 5 heteroatoms. The maximum atomic E-state index is 6.39. The first-order valence-electron chi connectivity index (χ1n) is 6.62. The second kappa shape index (κ2) is 7.04. The molecule has 19 heavy (non-hydrogen) atoms. The van der Waals surface area contributed by atoms with Crippen LogP contribution in [0.1, 0.15) is 18.5 Å². The first kappa shape index (κ1) is 15.3. The van der Waals surface area contributed by atoms with Gasteiger partial charge in [0.1, 0.15) is 0 Å². The van der Waals surface area contributed by atoms with Crippen LogP contribution in [0.2, 0.25) is 5.02 Å². The van der Waals surface area contributed by atoms with E-state index in [2.05, 4.69) is 39.1 Å². The molecule has 2 rings (SSSR count). The molecule has 1 aromatic carbocycles. The quantitative estimate of drug-likeness (QED) is 0.906. The Morgan fingerprint density at radius 1 is 1.53 bits per heavy atom. The molecule has 2 atom stereocenters. The predicted octanol–water partition coefficient (Wildman–Crippen LogP) is 3.08. The summed E-state index contributed by atoms with van der Waals surface area (Å²) in [6.07, 6.45) is 0.130. The lowest BCUT2D eigenvalue weighted by Crippen LogP contribution is -2.48. The number of benzene rings is 1. The van der Waals surface area contributed by atoms with E-state index in [1.54, 1.807) is 0 Å². The SMILES string of the molecule is CCN1CCOC(CNC)C1c1cc(Br)ccc1Cl. The Kier molecular flexibility index (Phi) is 5.66. The molecule has 0 aromatic heterocycles. The zero-order valence-electron chi connectivity index (χ0n) is 11.3. The molecule has 0 saturated carbocycles. The van der Waals surface area contributed by atoms with E-state index in [-0.39, 0.29) is 12.1 Å². The van der Waals surface area contributed by atoms with Crippen molar-refractivity contribution in [3.8, 4) is 0 Å². The normalized spacial score (nSPS) is 24.6. The largest absolute Gasteiger partial charge is 0.374 e. The zero-order chi connectivity index (χ0) is 13.8. The Bertz CT molecular complexity index is 428. The molecule has 1 fully saturated rings. The third kappa shape index (κ3) is 3.50. The fraction of sp³-hybridized carbons (Fsp3) is 0.571. The van der Waals surface area contributed by atoms with Crippen molar-refractivity contribution < 1.29 is 4.74 Å². The molecular weight excluding hydrogens is 328 g/mol. The summed E-state index contributed by atoms with van der Waals surface area (Å²) in [7, 11) is 1.95. The molecule has 0 amide bonds. The second-order valence-corrected chi connectivity index (χ2v) is 6.03. The molecule has 1 aromatic rings. The number of ether oxygens (including phenoxy) is 1.